The number of aliphatic hydroxyl groups is 1. The number of ether oxygens (including phenoxy) is 1. The van der Waals surface area contributed by atoms with Gasteiger partial charge in [-0.2, -0.15) is 0 Å². The van der Waals surface area contributed by atoms with Gasteiger partial charge in [-0.3, -0.25) is 13.9 Å². The fourth-order valence-corrected chi connectivity index (χ4v) is 4.39. The van der Waals surface area contributed by atoms with E-state index in [4.69, 9.17) is 18.3 Å². The number of hydrogen-bond acceptors (Lipinski definition) is 7. The maximum absolute atomic E-state index is 12.7. The lowest BCUT2D eigenvalue weighted by molar-refractivity contribution is -0.0257. The van der Waals surface area contributed by atoms with Gasteiger partial charge in [0.15, 0.2) is 5.76 Å². The van der Waals surface area contributed by atoms with E-state index in [0.717, 1.165) is 12.8 Å². The van der Waals surface area contributed by atoms with Crippen LogP contribution in [-0.4, -0.2) is 48.1 Å². The maximum atomic E-state index is 12.7. The summed E-state index contributed by atoms with van der Waals surface area (Å²) in [6, 6.07) is 0. The molecule has 138 valence electrons. The van der Waals surface area contributed by atoms with Crippen LogP contribution in [0.4, 0.5) is 4.79 Å². The van der Waals surface area contributed by atoms with Gasteiger partial charge in [-0.25, -0.2) is 9.36 Å². The van der Waals surface area contributed by atoms with Crippen LogP contribution in [0.5, 0.6) is 0 Å². The molecule has 0 radical (unpaired) electrons. The minimum atomic E-state index is -3.86. The van der Waals surface area contributed by atoms with Crippen LogP contribution in [-0.2, 0) is 22.9 Å². The molecule has 2 rings (SSSR count). The summed E-state index contributed by atoms with van der Waals surface area (Å²) < 4.78 is 33.4. The van der Waals surface area contributed by atoms with Crippen LogP contribution in [0.15, 0.2) is 12.0 Å². The molecule has 1 N–H and O–H groups in total. The number of phosphoric ester groups is 1. The molecule has 1 fully saturated rings. The van der Waals surface area contributed by atoms with Crippen LogP contribution in [0.3, 0.4) is 0 Å². The zero-order valence-corrected chi connectivity index (χ0v) is 15.3. The molecule has 0 aromatic rings. The second-order valence-corrected chi connectivity index (χ2v) is 7.33. The summed E-state index contributed by atoms with van der Waals surface area (Å²) in [4.78, 5) is 13.4. The van der Waals surface area contributed by atoms with Crippen molar-refractivity contribution in [2.45, 2.75) is 45.6 Å². The normalized spacial score (nSPS) is 26.8. The van der Waals surface area contributed by atoms with Gasteiger partial charge in [-0.05, 0) is 40.0 Å². The molecular weight excluding hydrogens is 337 g/mol. The molecule has 0 bridgehead atoms. The smallest absolute Gasteiger partial charge is 0.449 e. The summed E-state index contributed by atoms with van der Waals surface area (Å²) in [6.07, 6.45) is 2.81. The van der Waals surface area contributed by atoms with Gasteiger partial charge in [0.25, 0.3) is 0 Å². The molecule has 0 aromatic heterocycles. The van der Waals surface area contributed by atoms with Gasteiger partial charge in [0, 0.05) is 12.5 Å². The first-order valence-electron chi connectivity index (χ1n) is 8.35. The number of rotatable bonds is 7. The third-order valence-electron chi connectivity index (χ3n) is 4.19. The third-order valence-corrected chi connectivity index (χ3v) is 5.76. The largest absolute Gasteiger partial charge is 0.529 e. The van der Waals surface area contributed by atoms with E-state index in [1.165, 1.54) is 11.1 Å². The van der Waals surface area contributed by atoms with E-state index in [-0.39, 0.29) is 31.5 Å². The minimum Gasteiger partial charge on any atom is -0.449 e. The van der Waals surface area contributed by atoms with Gasteiger partial charge in [-0.1, -0.05) is 0 Å². The van der Waals surface area contributed by atoms with Crippen molar-refractivity contribution in [2.75, 3.05) is 26.4 Å². The molecule has 0 spiro atoms. The molecule has 1 saturated carbocycles. The predicted molar refractivity (Wildman–Crippen MR) is 86.0 cm³/mol. The Kier molecular flexibility index (Phi) is 6.31. The lowest BCUT2D eigenvalue weighted by Gasteiger charge is -2.39. The number of carbonyl (C=O) groups excluding carboxylic acids is 1. The zero-order valence-electron chi connectivity index (χ0n) is 14.4. The zero-order chi connectivity index (χ0) is 17.8. The average molecular weight is 363 g/mol. The van der Waals surface area contributed by atoms with E-state index >= 15 is 0 Å². The quantitative estimate of drug-likeness (QED) is 0.695. The second kappa shape index (κ2) is 7.87. The summed E-state index contributed by atoms with van der Waals surface area (Å²) in [6.45, 7) is 5.89. The highest BCUT2D eigenvalue weighted by molar-refractivity contribution is 7.48. The monoisotopic (exact) mass is 363 g/mol. The summed E-state index contributed by atoms with van der Waals surface area (Å²) >= 11 is 0. The van der Waals surface area contributed by atoms with E-state index in [9.17, 15) is 14.5 Å². The molecule has 0 saturated heterocycles. The second-order valence-electron chi connectivity index (χ2n) is 5.73. The molecule has 2 atom stereocenters. The molecule has 1 heterocycles. The molecule has 1 aliphatic carbocycles. The molecule has 1 amide bonds. The van der Waals surface area contributed by atoms with E-state index in [2.05, 4.69) is 0 Å². The van der Waals surface area contributed by atoms with Gasteiger partial charge in [0.05, 0.1) is 26.0 Å². The Morgan fingerprint density at radius 1 is 1.33 bits per heavy atom. The van der Waals surface area contributed by atoms with Gasteiger partial charge >= 0.3 is 13.9 Å². The summed E-state index contributed by atoms with van der Waals surface area (Å²) in [5.74, 6) is -0.173. The fourth-order valence-electron chi connectivity index (χ4n) is 3.13. The maximum Gasteiger partial charge on any atom is 0.529 e. The summed E-state index contributed by atoms with van der Waals surface area (Å²) in [5, 5.41) is 11.0. The SMILES string of the molecule is CCOC(=O)N1C=C(OP(=O)(OCC)OCC)[C@@]2(O)CCC[C@@H]2C1. The Balaban J connectivity index is 2.30. The number of carbonyl (C=O) groups is 1. The van der Waals surface area contributed by atoms with Crippen molar-refractivity contribution >= 4 is 13.9 Å². The van der Waals surface area contributed by atoms with Crippen LogP contribution in [0.2, 0.25) is 0 Å². The highest BCUT2D eigenvalue weighted by Crippen LogP contribution is 2.56. The van der Waals surface area contributed by atoms with Crippen molar-refractivity contribution < 1.29 is 32.8 Å². The Hall–Kier alpha value is -1.08. The lowest BCUT2D eigenvalue weighted by atomic mass is 9.86. The van der Waals surface area contributed by atoms with Crippen molar-refractivity contribution in [1.29, 1.82) is 0 Å². The first kappa shape index (κ1) is 19.2. The highest BCUT2D eigenvalue weighted by atomic mass is 31.2. The molecule has 2 aliphatic rings. The Labute approximate surface area is 142 Å². The van der Waals surface area contributed by atoms with Gasteiger partial charge in [0.1, 0.15) is 5.60 Å². The molecule has 8 nitrogen and oxygen atoms in total. The summed E-state index contributed by atoms with van der Waals surface area (Å²) in [7, 11) is -3.86. The first-order chi connectivity index (χ1) is 11.4. The third kappa shape index (κ3) is 3.94. The molecule has 24 heavy (non-hydrogen) atoms. The van der Waals surface area contributed by atoms with Gasteiger partial charge in [-0.15, -0.1) is 0 Å². The van der Waals surface area contributed by atoms with E-state index < -0.39 is 19.5 Å². The Morgan fingerprint density at radius 3 is 2.58 bits per heavy atom. The van der Waals surface area contributed by atoms with E-state index in [0.29, 0.717) is 13.0 Å². The van der Waals surface area contributed by atoms with Crippen molar-refractivity contribution in [1.82, 2.24) is 4.90 Å². The van der Waals surface area contributed by atoms with Crippen molar-refractivity contribution in [2.24, 2.45) is 5.92 Å². The minimum absolute atomic E-state index is 0.0366. The van der Waals surface area contributed by atoms with Crippen LogP contribution in [0, 0.1) is 5.92 Å². The van der Waals surface area contributed by atoms with Crippen molar-refractivity contribution in [3.8, 4) is 0 Å². The van der Waals surface area contributed by atoms with Crippen LogP contribution >= 0.6 is 7.82 Å². The Morgan fingerprint density at radius 2 is 2.00 bits per heavy atom. The molecule has 0 unspecified atom stereocenters. The molecular formula is C15H26NO7P. The number of nitrogens with zero attached hydrogens (tertiary/aromatic N) is 1. The number of fused-ring (bicyclic) bond motifs is 1. The topological polar surface area (TPSA) is 94.5 Å². The standard InChI is InChI=1S/C15H26NO7P/c1-4-20-14(17)16-10-12-8-7-9-15(12,18)13(11-16)23-24(19,21-5-2)22-6-3/h11-12,18H,4-10H2,1-3H3/t12-,15-/m1/s1. The number of hydrogen-bond donors (Lipinski definition) is 1. The Bertz CT molecular complexity index is 528. The van der Waals surface area contributed by atoms with Gasteiger partial charge in [0.2, 0.25) is 0 Å². The summed E-state index contributed by atoms with van der Waals surface area (Å²) in [5.41, 5.74) is -1.27. The first-order valence-corrected chi connectivity index (χ1v) is 9.81. The van der Waals surface area contributed by atoms with Crippen LogP contribution < -0.4 is 0 Å². The van der Waals surface area contributed by atoms with Crippen LogP contribution in [0.25, 0.3) is 0 Å². The molecule has 0 aromatic carbocycles. The van der Waals surface area contributed by atoms with Crippen molar-refractivity contribution in [3.05, 3.63) is 12.0 Å². The fraction of sp³-hybridized carbons (Fsp3) is 0.800. The number of amides is 1. The average Bonchev–Trinajstić information content (AvgIpc) is 2.90. The van der Waals surface area contributed by atoms with Crippen LogP contribution in [0.1, 0.15) is 40.0 Å². The number of phosphoric acid groups is 1. The van der Waals surface area contributed by atoms with Gasteiger partial charge < -0.3 is 14.4 Å². The highest BCUT2D eigenvalue weighted by Gasteiger charge is 2.52. The predicted octanol–water partition coefficient (Wildman–Crippen LogP) is 3.03. The molecule has 9 heteroatoms. The lowest BCUT2D eigenvalue weighted by Crippen LogP contribution is -2.48. The van der Waals surface area contributed by atoms with Crippen molar-refractivity contribution in [3.63, 3.8) is 0 Å². The molecule has 1 aliphatic heterocycles. The van der Waals surface area contributed by atoms with E-state index in [1.54, 1.807) is 20.8 Å². The van der Waals surface area contributed by atoms with E-state index in [1.807, 2.05) is 0 Å².